The maximum atomic E-state index is 10.4. The van der Waals surface area contributed by atoms with Gasteiger partial charge in [-0.3, -0.25) is 9.59 Å². The summed E-state index contributed by atoms with van der Waals surface area (Å²) in [5.74, 6) is -4.25. The van der Waals surface area contributed by atoms with E-state index in [1.54, 1.807) is 24.5 Å². The van der Waals surface area contributed by atoms with E-state index in [-0.39, 0.29) is 24.0 Å². The fourth-order valence-electron chi connectivity index (χ4n) is 2.57. The first-order valence-electron chi connectivity index (χ1n) is 13.3. The molecule has 2 atom stereocenters. The summed E-state index contributed by atoms with van der Waals surface area (Å²) in [6, 6.07) is 3.49. The number of imidazole rings is 2. The summed E-state index contributed by atoms with van der Waals surface area (Å²) in [5, 5.41) is 39.9. The van der Waals surface area contributed by atoms with Gasteiger partial charge in [0.1, 0.15) is 12.1 Å². The predicted molar refractivity (Wildman–Crippen MR) is 186 cm³/mol. The fraction of sp³-hybridized carbons (Fsp3) is 0.214. The Balaban J connectivity index is 0. The monoisotopic (exact) mass is 708 g/mol. The van der Waals surface area contributed by atoms with Crippen molar-refractivity contribution in [2.75, 3.05) is 13.1 Å². The van der Waals surface area contributed by atoms with E-state index in [0.717, 1.165) is 17.5 Å². The zero-order valence-electron chi connectivity index (χ0n) is 25.6. The zero-order valence-corrected chi connectivity index (χ0v) is 27.2. The van der Waals surface area contributed by atoms with Crippen LogP contribution >= 0.6 is 24.4 Å². The van der Waals surface area contributed by atoms with Crippen molar-refractivity contribution in [3.05, 3.63) is 97.1 Å². The molecule has 0 amide bonds. The van der Waals surface area contributed by atoms with E-state index in [4.69, 9.17) is 43.4 Å². The van der Waals surface area contributed by atoms with Gasteiger partial charge in [-0.05, 0) is 42.6 Å². The van der Waals surface area contributed by atoms with Crippen molar-refractivity contribution in [2.45, 2.75) is 24.9 Å². The SMILES string of the molecule is C=CCNC(N)=S.C=CCNC(N)=S.N[C@@H](Cc1cnc[nH]1)C(=O)O.N[C@@H](Cc1cnc[nH]1)C(=O)O.O=C(O)c1cccc(C(=O)O)c1. The van der Waals surface area contributed by atoms with Gasteiger partial charge in [-0.1, -0.05) is 18.2 Å². The first-order chi connectivity index (χ1) is 22.5. The van der Waals surface area contributed by atoms with E-state index in [2.05, 4.69) is 68.2 Å². The number of aliphatic carboxylic acids is 2. The highest BCUT2D eigenvalue weighted by Gasteiger charge is 2.13. The van der Waals surface area contributed by atoms with Crippen molar-refractivity contribution in [3.63, 3.8) is 0 Å². The Morgan fingerprint density at radius 1 is 0.771 bits per heavy atom. The average Bonchev–Trinajstić information content (AvgIpc) is 3.75. The number of hydrogen-bond donors (Lipinski definition) is 12. The van der Waals surface area contributed by atoms with Gasteiger partial charge in [-0.2, -0.15) is 0 Å². The molecule has 2 aromatic heterocycles. The lowest BCUT2D eigenvalue weighted by molar-refractivity contribution is -0.139. The summed E-state index contributed by atoms with van der Waals surface area (Å²) in [6.45, 7) is 8.21. The van der Waals surface area contributed by atoms with Crippen molar-refractivity contribution >= 4 is 58.5 Å². The minimum absolute atomic E-state index is 0.0186. The first kappa shape index (κ1) is 44.4. The summed E-state index contributed by atoms with van der Waals surface area (Å²) in [7, 11) is 0. The Morgan fingerprint density at radius 3 is 1.33 bits per heavy atom. The van der Waals surface area contributed by atoms with E-state index in [9.17, 15) is 19.2 Å². The number of carboxylic acids is 4. The molecule has 0 fully saturated rings. The standard InChI is InChI=1S/C8H6O4.2C6H9N3O2.2C4H8N2S/c9-7(10)5-2-1-3-6(4-5)8(11)12;2*7-5(6(10)11)1-4-2-8-3-9-4;2*1-2-3-6-4(5)7/h1-4H,(H,9,10)(H,11,12);2*2-3,5H,1,7H2,(H,8,9)(H,10,11);2*2H,1,3H2,(H3,5,6,7)/t;2*5-;;/m.00../s1. The molecule has 18 nitrogen and oxygen atoms in total. The van der Waals surface area contributed by atoms with E-state index in [1.165, 1.54) is 30.9 Å². The van der Waals surface area contributed by atoms with Crippen LogP contribution in [0.5, 0.6) is 0 Å². The number of nitrogens with zero attached hydrogens (tertiary/aromatic N) is 2. The molecule has 0 radical (unpaired) electrons. The second-order valence-electron chi connectivity index (χ2n) is 8.71. The molecule has 48 heavy (non-hydrogen) atoms. The molecule has 0 spiro atoms. The van der Waals surface area contributed by atoms with Crippen LogP contribution in [0.25, 0.3) is 0 Å². The number of thiocarbonyl (C=S) groups is 2. The van der Waals surface area contributed by atoms with Crippen LogP contribution in [0.4, 0.5) is 0 Å². The van der Waals surface area contributed by atoms with Crippen LogP contribution in [-0.2, 0) is 22.4 Å². The van der Waals surface area contributed by atoms with Crippen LogP contribution in [0.15, 0.2) is 74.6 Å². The third-order valence-corrected chi connectivity index (χ3v) is 5.11. The smallest absolute Gasteiger partial charge is 0.335 e. The summed E-state index contributed by atoms with van der Waals surface area (Å²) in [5.41, 5.74) is 22.1. The maximum absolute atomic E-state index is 10.4. The molecule has 20 heteroatoms. The number of aromatic carboxylic acids is 2. The fourth-order valence-corrected chi connectivity index (χ4v) is 2.74. The van der Waals surface area contributed by atoms with E-state index >= 15 is 0 Å². The number of aromatic amines is 2. The van der Waals surface area contributed by atoms with Crippen LogP contribution in [0.2, 0.25) is 0 Å². The normalized spacial score (nSPS) is 10.4. The van der Waals surface area contributed by atoms with Crippen LogP contribution in [0.1, 0.15) is 32.1 Å². The van der Waals surface area contributed by atoms with Crippen molar-refractivity contribution in [2.24, 2.45) is 22.9 Å². The lowest BCUT2D eigenvalue weighted by Gasteiger charge is -2.02. The Kier molecular flexibility index (Phi) is 24.5. The van der Waals surface area contributed by atoms with Gasteiger partial charge >= 0.3 is 23.9 Å². The van der Waals surface area contributed by atoms with Crippen molar-refractivity contribution in [1.29, 1.82) is 0 Å². The molecular weight excluding hydrogens is 669 g/mol. The summed E-state index contributed by atoms with van der Waals surface area (Å²) >= 11 is 8.96. The second-order valence-corrected chi connectivity index (χ2v) is 9.59. The third-order valence-electron chi connectivity index (χ3n) is 4.82. The number of nitrogens with one attached hydrogen (secondary N) is 4. The molecule has 2 heterocycles. The number of hydrogen-bond acceptors (Lipinski definition) is 10. The van der Waals surface area contributed by atoms with Crippen molar-refractivity contribution < 1.29 is 39.6 Å². The third kappa shape index (κ3) is 24.6. The lowest BCUT2D eigenvalue weighted by Crippen LogP contribution is -2.32. The highest BCUT2D eigenvalue weighted by Crippen LogP contribution is 2.04. The van der Waals surface area contributed by atoms with E-state index in [1.807, 2.05) is 0 Å². The quantitative estimate of drug-likeness (QED) is 0.0857. The van der Waals surface area contributed by atoms with Gasteiger partial charge in [0.25, 0.3) is 0 Å². The predicted octanol–water partition coefficient (Wildman–Crippen LogP) is -0.178. The lowest BCUT2D eigenvalue weighted by atomic mass is 10.1. The first-order valence-corrected chi connectivity index (χ1v) is 14.1. The van der Waals surface area contributed by atoms with Gasteiger partial charge in [-0.15, -0.1) is 13.2 Å². The molecule has 0 aliphatic heterocycles. The number of H-pyrrole nitrogens is 2. The zero-order chi connectivity index (χ0) is 37.1. The molecule has 0 bridgehead atoms. The molecule has 1 aromatic carbocycles. The van der Waals surface area contributed by atoms with E-state index in [0.29, 0.717) is 23.3 Å². The van der Waals surface area contributed by atoms with Crippen LogP contribution in [0, 0.1) is 0 Å². The summed E-state index contributed by atoms with van der Waals surface area (Å²) in [4.78, 5) is 54.3. The highest BCUT2D eigenvalue weighted by atomic mass is 32.1. The largest absolute Gasteiger partial charge is 0.480 e. The molecule has 0 aliphatic rings. The molecule has 262 valence electrons. The minimum Gasteiger partial charge on any atom is -0.480 e. The summed E-state index contributed by atoms with van der Waals surface area (Å²) in [6.07, 6.45) is 10.1. The topological polar surface area (TPSA) is 335 Å². The Hall–Kier alpha value is -5.70. The molecule has 3 aromatic rings. The molecule has 0 saturated heterocycles. The highest BCUT2D eigenvalue weighted by molar-refractivity contribution is 7.80. The van der Waals surface area contributed by atoms with Crippen LogP contribution in [-0.4, -0.2) is 99.6 Å². The summed E-state index contributed by atoms with van der Waals surface area (Å²) < 4.78 is 0. The Bertz CT molecular complexity index is 1330. The average molecular weight is 709 g/mol. The number of benzene rings is 1. The minimum atomic E-state index is -1.13. The molecule has 3 rings (SSSR count). The number of nitrogens with two attached hydrogens (primary N) is 4. The number of rotatable bonds is 12. The van der Waals surface area contributed by atoms with Crippen LogP contribution in [0.3, 0.4) is 0 Å². The maximum Gasteiger partial charge on any atom is 0.335 e. The molecule has 0 saturated carbocycles. The van der Waals surface area contributed by atoms with Gasteiger partial charge in [0, 0.05) is 49.7 Å². The molecule has 0 aliphatic carbocycles. The molecule has 0 unspecified atom stereocenters. The van der Waals surface area contributed by atoms with Crippen molar-refractivity contribution in [3.8, 4) is 0 Å². The van der Waals surface area contributed by atoms with Crippen molar-refractivity contribution in [1.82, 2.24) is 30.6 Å². The number of carboxylic acid groups (broad SMARTS) is 4. The Morgan fingerprint density at radius 2 is 1.12 bits per heavy atom. The van der Waals surface area contributed by atoms with Gasteiger partial charge in [0.15, 0.2) is 10.2 Å². The van der Waals surface area contributed by atoms with Crippen LogP contribution < -0.4 is 33.6 Å². The molecule has 16 N–H and O–H groups in total. The number of aromatic nitrogens is 4. The van der Waals surface area contributed by atoms with E-state index < -0.39 is 36.0 Å². The van der Waals surface area contributed by atoms with Gasteiger partial charge in [0.05, 0.1) is 23.8 Å². The van der Waals surface area contributed by atoms with Gasteiger partial charge in [0.2, 0.25) is 0 Å². The molecular formula is C28H40N10O8S2. The van der Waals surface area contributed by atoms with Gasteiger partial charge < -0.3 is 64.0 Å². The number of carbonyl (C=O) groups is 4. The second kappa shape index (κ2) is 26.5. The van der Waals surface area contributed by atoms with Gasteiger partial charge in [-0.25, -0.2) is 19.6 Å². The Labute approximate surface area is 286 Å².